The molecule has 0 aliphatic carbocycles. The summed E-state index contributed by atoms with van der Waals surface area (Å²) in [5, 5.41) is 2.69. The van der Waals surface area contributed by atoms with Crippen LogP contribution in [0.5, 0.6) is 0 Å². The number of ether oxygens (including phenoxy) is 1. The molecule has 3 nitrogen and oxygen atoms in total. The van der Waals surface area contributed by atoms with E-state index in [1.54, 1.807) is 0 Å². The Kier molecular flexibility index (Phi) is 2.05. The van der Waals surface area contributed by atoms with Crippen molar-refractivity contribution in [1.29, 1.82) is 0 Å². The Morgan fingerprint density at radius 3 is 3.11 bits per heavy atom. The maximum Gasteiger partial charge on any atom is 0.222 e. The molecule has 1 saturated heterocycles. The third kappa shape index (κ3) is 1.68. The number of nitrogens with one attached hydrogen (secondary N) is 1. The summed E-state index contributed by atoms with van der Waals surface area (Å²) < 4.78 is 5.14. The first-order valence-corrected chi connectivity index (χ1v) is 3.24. The monoisotopic (exact) mass is 129 g/mol. The fourth-order valence-corrected chi connectivity index (χ4v) is 0.912. The Morgan fingerprint density at radius 2 is 2.67 bits per heavy atom. The number of amides is 1. The molecular formula is C6H11NO2. The van der Waals surface area contributed by atoms with Gasteiger partial charge in [0.05, 0.1) is 0 Å². The van der Waals surface area contributed by atoms with Gasteiger partial charge < -0.3 is 10.1 Å². The van der Waals surface area contributed by atoms with E-state index in [0.29, 0.717) is 13.0 Å². The molecule has 0 aromatic heterocycles. The molecule has 1 rings (SSSR count). The number of hydrogen-bond donors (Lipinski definition) is 1. The van der Waals surface area contributed by atoms with Gasteiger partial charge in [-0.1, -0.05) is 0 Å². The minimum Gasteiger partial charge on any atom is -0.359 e. The number of rotatable bonds is 2. The summed E-state index contributed by atoms with van der Waals surface area (Å²) in [4.78, 5) is 10.5. The maximum atomic E-state index is 10.5. The van der Waals surface area contributed by atoms with E-state index >= 15 is 0 Å². The van der Waals surface area contributed by atoms with Gasteiger partial charge in [-0.15, -0.1) is 0 Å². The number of carbonyl (C=O) groups is 1. The fourth-order valence-electron chi connectivity index (χ4n) is 0.912. The summed E-state index contributed by atoms with van der Waals surface area (Å²) in [5.74, 6) is 0.105. The van der Waals surface area contributed by atoms with E-state index in [9.17, 15) is 4.79 Å². The molecule has 3 heteroatoms. The highest BCUT2D eigenvalue weighted by atomic mass is 16.5. The van der Waals surface area contributed by atoms with Crippen LogP contribution in [0, 0.1) is 0 Å². The molecule has 1 atom stereocenters. The van der Waals surface area contributed by atoms with Crippen LogP contribution in [0.3, 0.4) is 0 Å². The van der Waals surface area contributed by atoms with Crippen molar-refractivity contribution in [2.24, 2.45) is 0 Å². The van der Waals surface area contributed by atoms with E-state index in [-0.39, 0.29) is 12.1 Å². The molecule has 9 heavy (non-hydrogen) atoms. The predicted molar refractivity (Wildman–Crippen MR) is 32.8 cm³/mol. The summed E-state index contributed by atoms with van der Waals surface area (Å²) in [5.41, 5.74) is 0. The van der Waals surface area contributed by atoms with E-state index in [1.165, 1.54) is 0 Å². The van der Waals surface area contributed by atoms with Crippen molar-refractivity contribution in [2.45, 2.75) is 26.0 Å². The molecule has 0 radical (unpaired) electrons. The molecule has 0 aromatic carbocycles. The average molecular weight is 129 g/mol. The zero-order chi connectivity index (χ0) is 6.69. The van der Waals surface area contributed by atoms with Crippen molar-refractivity contribution < 1.29 is 9.53 Å². The lowest BCUT2D eigenvalue weighted by molar-refractivity contribution is -0.120. The van der Waals surface area contributed by atoms with E-state index in [2.05, 4.69) is 5.32 Å². The van der Waals surface area contributed by atoms with Gasteiger partial charge in [0.15, 0.2) is 0 Å². The maximum absolute atomic E-state index is 10.5. The molecule has 1 aliphatic heterocycles. The quantitative estimate of drug-likeness (QED) is 0.580. The molecule has 1 fully saturated rings. The van der Waals surface area contributed by atoms with Gasteiger partial charge in [0.2, 0.25) is 5.91 Å². The fraction of sp³-hybridized carbons (Fsp3) is 0.833. The molecule has 0 bridgehead atoms. The third-order valence-electron chi connectivity index (χ3n) is 1.32. The van der Waals surface area contributed by atoms with Gasteiger partial charge >= 0.3 is 0 Å². The summed E-state index contributed by atoms with van der Waals surface area (Å²) in [7, 11) is 0. The number of carbonyl (C=O) groups excluding carboxylic acids is 1. The molecule has 0 aromatic rings. The molecule has 0 saturated carbocycles. The van der Waals surface area contributed by atoms with E-state index in [4.69, 9.17) is 4.74 Å². The summed E-state index contributed by atoms with van der Waals surface area (Å²) in [6.07, 6.45) is 1.43. The van der Waals surface area contributed by atoms with Crippen molar-refractivity contribution >= 4 is 5.91 Å². The van der Waals surface area contributed by atoms with Crippen molar-refractivity contribution in [3.63, 3.8) is 0 Å². The van der Waals surface area contributed by atoms with Crippen LogP contribution < -0.4 is 5.32 Å². The molecule has 1 amide bonds. The zero-order valence-electron chi connectivity index (χ0n) is 5.52. The molecule has 0 spiro atoms. The van der Waals surface area contributed by atoms with E-state index < -0.39 is 0 Å². The Labute approximate surface area is 54.4 Å². The topological polar surface area (TPSA) is 38.3 Å². The first kappa shape index (κ1) is 6.55. The minimum absolute atomic E-state index is 0.0116. The molecule has 1 aliphatic rings. The highest BCUT2D eigenvalue weighted by Gasteiger charge is 2.19. The summed E-state index contributed by atoms with van der Waals surface area (Å²) in [6, 6.07) is 0. The second-order valence-electron chi connectivity index (χ2n) is 2.05. The molecule has 0 unspecified atom stereocenters. The van der Waals surface area contributed by atoms with Crippen LogP contribution in [0.1, 0.15) is 19.8 Å². The SMILES string of the molecule is CCO[C@@H]1CCC(=O)N1. The van der Waals surface area contributed by atoms with E-state index in [1.807, 2.05) is 6.92 Å². The van der Waals surface area contributed by atoms with Gasteiger partial charge in [0, 0.05) is 19.4 Å². The van der Waals surface area contributed by atoms with Gasteiger partial charge in [0.25, 0.3) is 0 Å². The van der Waals surface area contributed by atoms with Crippen molar-refractivity contribution in [3.05, 3.63) is 0 Å². The van der Waals surface area contributed by atoms with Crippen molar-refractivity contribution in [3.8, 4) is 0 Å². The Hall–Kier alpha value is -0.570. The smallest absolute Gasteiger partial charge is 0.222 e. The molecule has 1 heterocycles. The first-order valence-electron chi connectivity index (χ1n) is 3.24. The second kappa shape index (κ2) is 2.82. The minimum atomic E-state index is -0.0116. The Bertz CT molecular complexity index is 114. The lowest BCUT2D eigenvalue weighted by atomic mass is 10.3. The van der Waals surface area contributed by atoms with Gasteiger partial charge in [-0.3, -0.25) is 4.79 Å². The van der Waals surface area contributed by atoms with E-state index in [0.717, 1.165) is 6.42 Å². The normalized spacial score (nSPS) is 26.3. The van der Waals surface area contributed by atoms with Crippen LogP contribution >= 0.6 is 0 Å². The van der Waals surface area contributed by atoms with Crippen LogP contribution in [0.25, 0.3) is 0 Å². The lowest BCUT2D eigenvalue weighted by Gasteiger charge is -2.07. The molecular weight excluding hydrogens is 118 g/mol. The molecule has 1 N–H and O–H groups in total. The number of hydrogen-bond acceptors (Lipinski definition) is 2. The first-order chi connectivity index (χ1) is 4.33. The standard InChI is InChI=1S/C6H11NO2/c1-2-9-6-4-3-5(8)7-6/h6H,2-4H2,1H3,(H,7,8)/t6-/m1/s1. The summed E-state index contributed by atoms with van der Waals surface area (Å²) in [6.45, 7) is 2.59. The predicted octanol–water partition coefficient (Wildman–Crippen LogP) is 0.259. The average Bonchev–Trinajstić information content (AvgIpc) is 2.17. The highest BCUT2D eigenvalue weighted by molar-refractivity contribution is 5.78. The highest BCUT2D eigenvalue weighted by Crippen LogP contribution is 2.06. The van der Waals surface area contributed by atoms with Crippen LogP contribution in [-0.2, 0) is 9.53 Å². The molecule has 52 valence electrons. The third-order valence-corrected chi connectivity index (χ3v) is 1.32. The van der Waals surface area contributed by atoms with Gasteiger partial charge in [-0.05, 0) is 6.92 Å². The van der Waals surface area contributed by atoms with Gasteiger partial charge in [-0.2, -0.15) is 0 Å². The second-order valence-corrected chi connectivity index (χ2v) is 2.05. The van der Waals surface area contributed by atoms with Crippen LogP contribution in [0.15, 0.2) is 0 Å². The van der Waals surface area contributed by atoms with Crippen LogP contribution in [-0.4, -0.2) is 18.7 Å². The van der Waals surface area contributed by atoms with Gasteiger partial charge in [-0.25, -0.2) is 0 Å². The lowest BCUT2D eigenvalue weighted by Crippen LogP contribution is -2.27. The largest absolute Gasteiger partial charge is 0.359 e. The Balaban J connectivity index is 2.22. The van der Waals surface area contributed by atoms with Crippen molar-refractivity contribution in [1.82, 2.24) is 5.32 Å². The summed E-state index contributed by atoms with van der Waals surface area (Å²) >= 11 is 0. The Morgan fingerprint density at radius 1 is 1.89 bits per heavy atom. The van der Waals surface area contributed by atoms with Crippen LogP contribution in [0.4, 0.5) is 0 Å². The van der Waals surface area contributed by atoms with Crippen molar-refractivity contribution in [2.75, 3.05) is 6.61 Å². The van der Waals surface area contributed by atoms with Crippen LogP contribution in [0.2, 0.25) is 0 Å². The zero-order valence-corrected chi connectivity index (χ0v) is 5.52. The van der Waals surface area contributed by atoms with Gasteiger partial charge in [0.1, 0.15) is 6.23 Å².